The number of nitrogen functional groups attached to an aromatic ring is 2. The number of nitrogens with two attached hydrogens (primary N) is 2. The Morgan fingerprint density at radius 1 is 0.893 bits per heavy atom. The third kappa shape index (κ3) is 5.53. The summed E-state index contributed by atoms with van der Waals surface area (Å²) < 4.78 is 43.1. The molecule has 0 heterocycles. The van der Waals surface area contributed by atoms with Crippen LogP contribution in [0.25, 0.3) is 0 Å². The van der Waals surface area contributed by atoms with E-state index in [0.29, 0.717) is 0 Å². The summed E-state index contributed by atoms with van der Waals surface area (Å²) in [6.45, 7) is -0.550. The zero-order chi connectivity index (χ0) is 20.7. The van der Waals surface area contributed by atoms with Gasteiger partial charge in [-0.25, -0.2) is 0 Å². The van der Waals surface area contributed by atoms with Crippen LogP contribution >= 0.6 is 0 Å². The number of ether oxygens (including phenoxy) is 2. The molecule has 11 nitrogen and oxygen atoms in total. The standard InChI is InChI=1S/C16H20N4O7S/c17-10-1-2-12(16(7-10)28(23,24)25)19-20-13-9-14(26-5-3-21)11(18)8-15(13)27-6-4-22/h1-2,7-9,21-22H,3-6,17-18H2,(H,23,24,25). The maximum atomic E-state index is 11.5. The van der Waals surface area contributed by atoms with Crippen molar-refractivity contribution in [3.63, 3.8) is 0 Å². The van der Waals surface area contributed by atoms with Crippen LogP contribution in [-0.2, 0) is 10.1 Å². The van der Waals surface area contributed by atoms with Crippen LogP contribution in [0.1, 0.15) is 0 Å². The molecular formula is C16H20N4O7S. The Morgan fingerprint density at radius 2 is 1.50 bits per heavy atom. The van der Waals surface area contributed by atoms with Gasteiger partial charge in [0.1, 0.15) is 41.0 Å². The molecule has 152 valence electrons. The molecule has 0 aliphatic carbocycles. The first kappa shape index (κ1) is 21.4. The molecule has 2 aromatic rings. The van der Waals surface area contributed by atoms with Crippen molar-refractivity contribution in [3.8, 4) is 11.5 Å². The van der Waals surface area contributed by atoms with E-state index in [1.54, 1.807) is 0 Å². The highest BCUT2D eigenvalue weighted by Gasteiger charge is 2.17. The highest BCUT2D eigenvalue weighted by Crippen LogP contribution is 2.38. The minimum Gasteiger partial charge on any atom is -0.489 e. The highest BCUT2D eigenvalue weighted by atomic mass is 32.2. The normalized spacial score (nSPS) is 11.7. The van der Waals surface area contributed by atoms with E-state index in [9.17, 15) is 13.0 Å². The van der Waals surface area contributed by atoms with Gasteiger partial charge in [0, 0.05) is 17.8 Å². The van der Waals surface area contributed by atoms with Gasteiger partial charge in [0.2, 0.25) is 0 Å². The molecule has 0 radical (unpaired) electrons. The summed E-state index contributed by atoms with van der Waals surface area (Å²) in [6.07, 6.45) is 0. The van der Waals surface area contributed by atoms with E-state index in [0.717, 1.165) is 6.07 Å². The van der Waals surface area contributed by atoms with Crippen LogP contribution in [0.3, 0.4) is 0 Å². The van der Waals surface area contributed by atoms with Crippen molar-refractivity contribution < 1.29 is 32.7 Å². The van der Waals surface area contributed by atoms with E-state index in [-0.39, 0.29) is 60.7 Å². The van der Waals surface area contributed by atoms with Gasteiger partial charge in [0.15, 0.2) is 0 Å². The zero-order valence-corrected chi connectivity index (χ0v) is 15.5. The molecule has 2 rings (SSSR count). The van der Waals surface area contributed by atoms with E-state index in [1.807, 2.05) is 0 Å². The molecule has 7 N–H and O–H groups in total. The number of hydrogen-bond donors (Lipinski definition) is 5. The fourth-order valence-corrected chi connectivity index (χ4v) is 2.78. The lowest BCUT2D eigenvalue weighted by molar-refractivity contribution is 0.199. The van der Waals surface area contributed by atoms with Gasteiger partial charge in [0.05, 0.1) is 18.9 Å². The number of benzene rings is 2. The summed E-state index contributed by atoms with van der Waals surface area (Å²) in [7, 11) is -4.58. The van der Waals surface area contributed by atoms with Crippen LogP contribution in [0.2, 0.25) is 0 Å². The molecule has 0 amide bonds. The van der Waals surface area contributed by atoms with E-state index in [2.05, 4.69) is 10.2 Å². The average molecular weight is 412 g/mol. The van der Waals surface area contributed by atoms with Gasteiger partial charge in [-0.3, -0.25) is 4.55 Å². The number of aliphatic hydroxyl groups is 2. The molecule has 0 unspecified atom stereocenters. The second-order valence-corrected chi connectivity index (χ2v) is 6.79. The van der Waals surface area contributed by atoms with E-state index >= 15 is 0 Å². The molecule has 0 saturated heterocycles. The molecule has 0 aliphatic heterocycles. The Kier molecular flexibility index (Phi) is 7.12. The minimum absolute atomic E-state index is 0.0114. The van der Waals surface area contributed by atoms with Gasteiger partial charge >= 0.3 is 0 Å². The van der Waals surface area contributed by atoms with Crippen LogP contribution in [0, 0.1) is 0 Å². The number of rotatable bonds is 9. The number of azo groups is 1. The fourth-order valence-electron chi connectivity index (χ4n) is 2.12. The first-order chi connectivity index (χ1) is 13.3. The summed E-state index contributed by atoms with van der Waals surface area (Å²) in [5.41, 5.74) is 11.7. The Bertz CT molecular complexity index is 964. The minimum atomic E-state index is -4.58. The van der Waals surface area contributed by atoms with Crippen molar-refractivity contribution in [1.29, 1.82) is 0 Å². The Hall–Kier alpha value is -2.93. The molecule has 2 aromatic carbocycles. The number of hydrogen-bond acceptors (Lipinski definition) is 10. The molecule has 0 fully saturated rings. The largest absolute Gasteiger partial charge is 0.489 e. The predicted octanol–water partition coefficient (Wildman–Crippen LogP) is 1.26. The monoisotopic (exact) mass is 412 g/mol. The van der Waals surface area contributed by atoms with Crippen LogP contribution in [0.4, 0.5) is 22.7 Å². The molecule has 0 aliphatic rings. The van der Waals surface area contributed by atoms with E-state index in [1.165, 1.54) is 24.3 Å². The van der Waals surface area contributed by atoms with Gasteiger partial charge in [-0.05, 0) is 18.2 Å². The summed E-state index contributed by atoms with van der Waals surface area (Å²) >= 11 is 0. The van der Waals surface area contributed by atoms with Crippen molar-refractivity contribution in [1.82, 2.24) is 0 Å². The maximum Gasteiger partial charge on any atom is 0.296 e. The molecule has 12 heteroatoms. The quantitative estimate of drug-likeness (QED) is 0.229. The van der Waals surface area contributed by atoms with Crippen LogP contribution in [-0.4, -0.2) is 49.6 Å². The fraction of sp³-hybridized carbons (Fsp3) is 0.250. The molecule has 28 heavy (non-hydrogen) atoms. The topological polar surface area (TPSA) is 190 Å². The van der Waals surface area contributed by atoms with Crippen molar-refractivity contribution in [3.05, 3.63) is 30.3 Å². The van der Waals surface area contributed by atoms with Gasteiger partial charge in [-0.2, -0.15) is 8.42 Å². The summed E-state index contributed by atoms with van der Waals surface area (Å²) in [5, 5.41) is 25.6. The molecule has 0 bridgehead atoms. The van der Waals surface area contributed by atoms with E-state index < -0.39 is 15.0 Å². The molecule has 0 aromatic heterocycles. The van der Waals surface area contributed by atoms with Crippen molar-refractivity contribution in [2.24, 2.45) is 10.2 Å². The van der Waals surface area contributed by atoms with Crippen LogP contribution in [0.5, 0.6) is 11.5 Å². The number of nitrogens with zero attached hydrogens (tertiary/aromatic N) is 2. The number of aliphatic hydroxyl groups excluding tert-OH is 2. The SMILES string of the molecule is Nc1ccc(N=Nc2cc(OCCO)c(N)cc2OCCO)c(S(=O)(=O)O)c1. The lowest BCUT2D eigenvalue weighted by atomic mass is 10.2. The second-order valence-electron chi connectivity index (χ2n) is 5.40. The maximum absolute atomic E-state index is 11.5. The number of anilines is 2. The van der Waals surface area contributed by atoms with Crippen molar-refractivity contribution in [2.45, 2.75) is 4.90 Å². The van der Waals surface area contributed by atoms with Gasteiger partial charge in [-0.15, -0.1) is 10.2 Å². The smallest absolute Gasteiger partial charge is 0.296 e. The third-order valence-corrected chi connectivity index (χ3v) is 4.20. The molecular weight excluding hydrogens is 392 g/mol. The van der Waals surface area contributed by atoms with Gasteiger partial charge in [-0.1, -0.05) is 0 Å². The highest BCUT2D eigenvalue weighted by molar-refractivity contribution is 7.86. The van der Waals surface area contributed by atoms with Crippen molar-refractivity contribution in [2.75, 3.05) is 37.9 Å². The zero-order valence-electron chi connectivity index (χ0n) is 14.6. The third-order valence-electron chi connectivity index (χ3n) is 3.32. The van der Waals surface area contributed by atoms with Crippen molar-refractivity contribution >= 4 is 32.9 Å². The molecule has 0 atom stereocenters. The predicted molar refractivity (Wildman–Crippen MR) is 101 cm³/mol. The second kappa shape index (κ2) is 9.32. The van der Waals surface area contributed by atoms with Gasteiger partial charge < -0.3 is 31.2 Å². The summed E-state index contributed by atoms with van der Waals surface area (Å²) in [5.74, 6) is 0.363. The van der Waals surface area contributed by atoms with Crippen LogP contribution in [0.15, 0.2) is 45.5 Å². The first-order valence-corrected chi connectivity index (χ1v) is 9.40. The molecule has 0 spiro atoms. The van der Waals surface area contributed by atoms with Gasteiger partial charge in [0.25, 0.3) is 10.1 Å². The Labute approximate surface area is 161 Å². The lowest BCUT2D eigenvalue weighted by Crippen LogP contribution is -2.05. The first-order valence-electron chi connectivity index (χ1n) is 7.96. The van der Waals surface area contributed by atoms with E-state index in [4.69, 9.17) is 31.2 Å². The summed E-state index contributed by atoms with van der Waals surface area (Å²) in [4.78, 5) is -0.513. The Morgan fingerprint density at radius 3 is 2.11 bits per heavy atom. The summed E-state index contributed by atoms with van der Waals surface area (Å²) in [6, 6.07) is 6.49. The molecule has 0 saturated carbocycles. The Balaban J connectivity index is 2.48. The lowest BCUT2D eigenvalue weighted by Gasteiger charge is -2.12. The van der Waals surface area contributed by atoms with Crippen LogP contribution < -0.4 is 20.9 Å². The average Bonchev–Trinajstić information content (AvgIpc) is 2.64.